The number of ether oxygens (including phenoxy) is 2. The third-order valence-electron chi connectivity index (χ3n) is 2.57. The van der Waals surface area contributed by atoms with Crippen LogP contribution in [0.3, 0.4) is 0 Å². The van der Waals surface area contributed by atoms with Crippen LogP contribution < -0.4 is 5.32 Å². The van der Waals surface area contributed by atoms with Crippen molar-refractivity contribution in [1.82, 2.24) is 5.32 Å². The quantitative estimate of drug-likeness (QED) is 0.497. The van der Waals surface area contributed by atoms with Crippen LogP contribution in [0.5, 0.6) is 0 Å². The molecule has 0 spiro atoms. The van der Waals surface area contributed by atoms with E-state index in [1.807, 2.05) is 13.8 Å². The van der Waals surface area contributed by atoms with Crippen molar-refractivity contribution < 1.29 is 14.3 Å². The van der Waals surface area contributed by atoms with Gasteiger partial charge in [0.1, 0.15) is 6.04 Å². The third kappa shape index (κ3) is 8.16. The minimum atomic E-state index is -0.242. The fourth-order valence-corrected chi connectivity index (χ4v) is 1.43. The fourth-order valence-electron chi connectivity index (χ4n) is 1.43. The van der Waals surface area contributed by atoms with Gasteiger partial charge in [0.2, 0.25) is 0 Å². The molecule has 0 saturated heterocycles. The Hall–Kier alpha value is -0.610. The molecule has 1 N–H and O–H groups in total. The van der Waals surface area contributed by atoms with E-state index in [2.05, 4.69) is 19.2 Å². The maximum atomic E-state index is 11.4. The highest BCUT2D eigenvalue weighted by atomic mass is 16.5. The highest BCUT2D eigenvalue weighted by Crippen LogP contribution is 2.03. The molecule has 0 radical (unpaired) electrons. The predicted molar refractivity (Wildman–Crippen MR) is 68.9 cm³/mol. The first-order chi connectivity index (χ1) is 7.99. The minimum absolute atomic E-state index is 0.206. The van der Waals surface area contributed by atoms with Gasteiger partial charge in [0.25, 0.3) is 0 Å². The normalized spacial score (nSPS) is 13.1. The maximum Gasteiger partial charge on any atom is 0.323 e. The lowest BCUT2D eigenvalue weighted by molar-refractivity contribution is -0.144. The van der Waals surface area contributed by atoms with Crippen molar-refractivity contribution in [2.24, 2.45) is 11.8 Å². The van der Waals surface area contributed by atoms with Crippen LogP contribution in [-0.4, -0.2) is 38.9 Å². The Kier molecular flexibility index (Phi) is 9.09. The number of hydrogen-bond donors (Lipinski definition) is 1. The molecule has 0 amide bonds. The zero-order valence-electron chi connectivity index (χ0n) is 11.8. The molecule has 0 heterocycles. The number of carbonyl (C=O) groups is 1. The van der Waals surface area contributed by atoms with Gasteiger partial charge in [0.05, 0.1) is 13.7 Å². The molecule has 0 aromatic carbocycles. The molecule has 17 heavy (non-hydrogen) atoms. The van der Waals surface area contributed by atoms with E-state index in [0.29, 0.717) is 19.1 Å². The van der Waals surface area contributed by atoms with E-state index in [1.165, 1.54) is 7.11 Å². The van der Waals surface area contributed by atoms with Crippen LogP contribution in [0, 0.1) is 11.8 Å². The summed E-state index contributed by atoms with van der Waals surface area (Å²) in [5.41, 5.74) is 0. The fraction of sp³-hybridized carbons (Fsp3) is 0.923. The molecular formula is C13H27NO3. The lowest BCUT2D eigenvalue weighted by atomic mass is 10.1. The van der Waals surface area contributed by atoms with Crippen molar-refractivity contribution >= 4 is 5.97 Å². The monoisotopic (exact) mass is 245 g/mol. The van der Waals surface area contributed by atoms with Crippen molar-refractivity contribution in [2.75, 3.05) is 26.9 Å². The highest BCUT2D eigenvalue weighted by molar-refractivity contribution is 5.75. The molecule has 0 aromatic heterocycles. The molecule has 0 rings (SSSR count). The Morgan fingerprint density at radius 3 is 2.29 bits per heavy atom. The van der Waals surface area contributed by atoms with Crippen molar-refractivity contribution in [3.8, 4) is 0 Å². The number of hydrogen-bond acceptors (Lipinski definition) is 4. The SMILES string of the molecule is COC(=O)C(NCCOCCC(C)C)C(C)C. The molecule has 0 aliphatic rings. The molecule has 4 nitrogen and oxygen atoms in total. The molecule has 0 fully saturated rings. The molecule has 1 atom stereocenters. The minimum Gasteiger partial charge on any atom is -0.468 e. The van der Waals surface area contributed by atoms with Crippen molar-refractivity contribution in [3.05, 3.63) is 0 Å². The van der Waals surface area contributed by atoms with Gasteiger partial charge in [-0.25, -0.2) is 0 Å². The number of rotatable bonds is 9. The number of esters is 1. The Morgan fingerprint density at radius 1 is 1.18 bits per heavy atom. The van der Waals surface area contributed by atoms with Gasteiger partial charge in [-0.15, -0.1) is 0 Å². The summed E-state index contributed by atoms with van der Waals surface area (Å²) in [7, 11) is 1.42. The highest BCUT2D eigenvalue weighted by Gasteiger charge is 2.21. The summed E-state index contributed by atoms with van der Waals surface area (Å²) in [5, 5.41) is 3.16. The van der Waals surface area contributed by atoms with Crippen molar-refractivity contribution in [1.29, 1.82) is 0 Å². The molecule has 1 unspecified atom stereocenters. The molecule has 0 bridgehead atoms. The summed E-state index contributed by atoms with van der Waals surface area (Å²) in [6, 6.07) is -0.242. The number of carbonyl (C=O) groups excluding carboxylic acids is 1. The van der Waals surface area contributed by atoms with Gasteiger partial charge in [0, 0.05) is 13.2 Å². The summed E-state index contributed by atoms with van der Waals surface area (Å²) >= 11 is 0. The van der Waals surface area contributed by atoms with Crippen LogP contribution in [0.25, 0.3) is 0 Å². The smallest absolute Gasteiger partial charge is 0.323 e. The number of nitrogens with one attached hydrogen (secondary N) is 1. The maximum absolute atomic E-state index is 11.4. The van der Waals surface area contributed by atoms with E-state index in [1.54, 1.807) is 0 Å². The van der Waals surface area contributed by atoms with Crippen molar-refractivity contribution in [2.45, 2.75) is 40.2 Å². The standard InChI is InChI=1S/C13H27NO3/c1-10(2)6-8-17-9-7-14-12(11(3)4)13(15)16-5/h10-12,14H,6-9H2,1-5H3. The topological polar surface area (TPSA) is 47.6 Å². The molecule has 102 valence electrons. The average molecular weight is 245 g/mol. The lowest BCUT2D eigenvalue weighted by Gasteiger charge is -2.19. The molecule has 4 heteroatoms. The van der Waals surface area contributed by atoms with Gasteiger partial charge in [-0.05, 0) is 18.3 Å². The van der Waals surface area contributed by atoms with Crippen LogP contribution in [0.2, 0.25) is 0 Å². The van der Waals surface area contributed by atoms with Gasteiger partial charge in [-0.3, -0.25) is 4.79 Å². The zero-order chi connectivity index (χ0) is 13.3. The zero-order valence-corrected chi connectivity index (χ0v) is 11.8. The first-order valence-corrected chi connectivity index (χ1v) is 6.38. The van der Waals surface area contributed by atoms with E-state index in [9.17, 15) is 4.79 Å². The van der Waals surface area contributed by atoms with Crippen LogP contribution in [-0.2, 0) is 14.3 Å². The van der Waals surface area contributed by atoms with Gasteiger partial charge < -0.3 is 14.8 Å². The molecule has 0 aromatic rings. The third-order valence-corrected chi connectivity index (χ3v) is 2.57. The lowest BCUT2D eigenvalue weighted by Crippen LogP contribution is -2.43. The second kappa shape index (κ2) is 9.42. The Bertz CT molecular complexity index is 205. The van der Waals surface area contributed by atoms with Crippen LogP contribution in [0.4, 0.5) is 0 Å². The summed E-state index contributed by atoms with van der Waals surface area (Å²) in [5.74, 6) is 0.682. The van der Waals surface area contributed by atoms with Crippen LogP contribution >= 0.6 is 0 Å². The summed E-state index contributed by atoms with van der Waals surface area (Å²) < 4.78 is 10.2. The van der Waals surface area contributed by atoms with E-state index in [-0.39, 0.29) is 17.9 Å². The summed E-state index contributed by atoms with van der Waals surface area (Å²) in [4.78, 5) is 11.4. The largest absolute Gasteiger partial charge is 0.468 e. The Morgan fingerprint density at radius 2 is 1.82 bits per heavy atom. The van der Waals surface area contributed by atoms with Crippen molar-refractivity contribution in [3.63, 3.8) is 0 Å². The molecule has 0 aliphatic carbocycles. The molecule has 0 aliphatic heterocycles. The summed E-state index contributed by atoms with van der Waals surface area (Å²) in [6.07, 6.45) is 1.07. The van der Waals surface area contributed by atoms with Gasteiger partial charge >= 0.3 is 5.97 Å². The second-order valence-electron chi connectivity index (χ2n) is 4.99. The van der Waals surface area contributed by atoms with E-state index in [0.717, 1.165) is 13.0 Å². The second-order valence-corrected chi connectivity index (χ2v) is 4.99. The molecule has 0 saturated carbocycles. The van der Waals surface area contributed by atoms with Gasteiger partial charge in [-0.2, -0.15) is 0 Å². The Labute approximate surface area is 105 Å². The summed E-state index contributed by atoms with van der Waals surface area (Å²) in [6.45, 7) is 10.4. The average Bonchev–Trinajstić information content (AvgIpc) is 2.26. The van der Waals surface area contributed by atoms with Gasteiger partial charge in [-0.1, -0.05) is 27.7 Å². The van der Waals surface area contributed by atoms with E-state index in [4.69, 9.17) is 9.47 Å². The molecular weight excluding hydrogens is 218 g/mol. The first-order valence-electron chi connectivity index (χ1n) is 6.38. The van der Waals surface area contributed by atoms with Gasteiger partial charge in [0.15, 0.2) is 0 Å². The Balaban J connectivity index is 3.65. The number of methoxy groups -OCH3 is 1. The van der Waals surface area contributed by atoms with Crippen LogP contribution in [0.1, 0.15) is 34.1 Å². The van der Waals surface area contributed by atoms with E-state index >= 15 is 0 Å². The van der Waals surface area contributed by atoms with Crippen LogP contribution in [0.15, 0.2) is 0 Å². The van der Waals surface area contributed by atoms with E-state index < -0.39 is 0 Å². The predicted octanol–water partition coefficient (Wildman–Crippen LogP) is 1.84. The first kappa shape index (κ1) is 16.4.